The number of hydrogen-bond acceptors (Lipinski definition) is 4. The number of amides is 2. The third-order valence-electron chi connectivity index (χ3n) is 5.23. The van der Waals surface area contributed by atoms with Crippen molar-refractivity contribution in [3.8, 4) is 0 Å². The normalized spacial score (nSPS) is 12.3. The molecule has 0 spiro atoms. The monoisotopic (exact) mass is 561 g/mol. The lowest BCUT2D eigenvalue weighted by Gasteiger charge is -2.33. The van der Waals surface area contributed by atoms with Gasteiger partial charge in [0, 0.05) is 23.1 Å². The van der Waals surface area contributed by atoms with E-state index in [2.05, 4.69) is 5.32 Å². The Balaban J connectivity index is 2.47. The van der Waals surface area contributed by atoms with E-state index in [0.717, 1.165) is 10.6 Å². The number of nitrogens with zero attached hydrogens (tertiary/aromatic N) is 2. The highest BCUT2D eigenvalue weighted by atomic mass is 35.5. The van der Waals surface area contributed by atoms with Crippen molar-refractivity contribution < 1.29 is 18.0 Å². The van der Waals surface area contributed by atoms with Crippen molar-refractivity contribution in [1.82, 2.24) is 10.2 Å². The highest BCUT2D eigenvalue weighted by molar-refractivity contribution is 7.92. The molecular weight excluding hydrogens is 533 g/mol. The number of carbonyl (C=O) groups is 2. The zero-order valence-corrected chi connectivity index (χ0v) is 23.2. The highest BCUT2D eigenvalue weighted by Gasteiger charge is 2.32. The van der Waals surface area contributed by atoms with E-state index < -0.39 is 28.5 Å². The molecule has 1 unspecified atom stereocenters. The van der Waals surface area contributed by atoms with E-state index in [4.69, 9.17) is 34.8 Å². The lowest BCUT2D eigenvalue weighted by molar-refractivity contribution is -0.140. The first-order valence-electron chi connectivity index (χ1n) is 11.1. The molecule has 2 amide bonds. The number of hydrogen-bond donors (Lipinski definition) is 1. The smallest absolute Gasteiger partial charge is 0.244 e. The van der Waals surface area contributed by atoms with Crippen molar-refractivity contribution in [3.63, 3.8) is 0 Å². The molecule has 0 aliphatic carbocycles. The van der Waals surface area contributed by atoms with E-state index in [-0.39, 0.29) is 29.1 Å². The minimum Gasteiger partial charge on any atom is -0.354 e. The fourth-order valence-electron chi connectivity index (χ4n) is 3.42. The van der Waals surface area contributed by atoms with Gasteiger partial charge in [0.2, 0.25) is 21.8 Å². The Morgan fingerprint density at radius 3 is 2.23 bits per heavy atom. The van der Waals surface area contributed by atoms with Gasteiger partial charge in [0.1, 0.15) is 12.6 Å². The van der Waals surface area contributed by atoms with Gasteiger partial charge < -0.3 is 10.2 Å². The predicted octanol–water partition coefficient (Wildman–Crippen LogP) is 4.99. The Bertz CT molecular complexity index is 1160. The third-order valence-corrected chi connectivity index (χ3v) is 7.26. The van der Waals surface area contributed by atoms with Crippen LogP contribution in [-0.4, -0.2) is 50.5 Å². The third kappa shape index (κ3) is 8.27. The van der Waals surface area contributed by atoms with Crippen molar-refractivity contribution in [1.29, 1.82) is 0 Å². The topological polar surface area (TPSA) is 86.8 Å². The zero-order chi connectivity index (χ0) is 26.3. The molecule has 0 fully saturated rings. The summed E-state index contributed by atoms with van der Waals surface area (Å²) in [7, 11) is -3.87. The van der Waals surface area contributed by atoms with E-state index in [9.17, 15) is 18.0 Å². The van der Waals surface area contributed by atoms with Crippen LogP contribution in [-0.2, 0) is 26.2 Å². The Morgan fingerprint density at radius 2 is 1.69 bits per heavy atom. The van der Waals surface area contributed by atoms with Crippen molar-refractivity contribution in [2.24, 2.45) is 5.92 Å². The molecule has 0 bridgehead atoms. The van der Waals surface area contributed by atoms with Crippen LogP contribution in [0.15, 0.2) is 42.5 Å². The van der Waals surface area contributed by atoms with Crippen LogP contribution in [0.4, 0.5) is 5.69 Å². The summed E-state index contributed by atoms with van der Waals surface area (Å²) in [5.41, 5.74) is 0.745. The summed E-state index contributed by atoms with van der Waals surface area (Å²) in [5, 5.41) is 3.81. The first-order chi connectivity index (χ1) is 16.3. The fourth-order valence-corrected chi connectivity index (χ4v) is 5.04. The molecule has 11 heteroatoms. The number of carbonyl (C=O) groups excluding carboxylic acids is 2. The number of anilines is 1. The van der Waals surface area contributed by atoms with Gasteiger partial charge in [-0.1, -0.05) is 73.8 Å². The van der Waals surface area contributed by atoms with E-state index in [1.165, 1.54) is 11.0 Å². The van der Waals surface area contributed by atoms with Gasteiger partial charge in [0.05, 0.1) is 17.0 Å². The minimum absolute atomic E-state index is 0.0113. The summed E-state index contributed by atoms with van der Waals surface area (Å²) in [4.78, 5) is 28.0. The lowest BCUT2D eigenvalue weighted by atomic mass is 10.1. The molecule has 0 radical (unpaired) electrons. The Hall–Kier alpha value is -2.00. The van der Waals surface area contributed by atoms with Crippen LogP contribution in [0.5, 0.6) is 0 Å². The zero-order valence-electron chi connectivity index (χ0n) is 20.1. The maximum atomic E-state index is 13.6. The molecule has 7 nitrogen and oxygen atoms in total. The van der Waals surface area contributed by atoms with Gasteiger partial charge in [-0.05, 0) is 42.2 Å². The minimum atomic E-state index is -3.87. The molecule has 35 heavy (non-hydrogen) atoms. The second kappa shape index (κ2) is 12.8. The summed E-state index contributed by atoms with van der Waals surface area (Å²) in [6, 6.07) is 10.4. The van der Waals surface area contributed by atoms with Gasteiger partial charge in [-0.3, -0.25) is 13.9 Å². The van der Waals surface area contributed by atoms with Crippen LogP contribution in [0.25, 0.3) is 0 Å². The largest absolute Gasteiger partial charge is 0.354 e. The van der Waals surface area contributed by atoms with Crippen molar-refractivity contribution >= 4 is 62.3 Å². The molecule has 0 aliphatic heterocycles. The molecular formula is C24H30Cl3N3O4S. The average Bonchev–Trinajstić information content (AvgIpc) is 2.77. The molecule has 2 aromatic carbocycles. The van der Waals surface area contributed by atoms with Gasteiger partial charge in [0.15, 0.2) is 0 Å². The first-order valence-corrected chi connectivity index (χ1v) is 14.1. The average molecular weight is 563 g/mol. The predicted molar refractivity (Wildman–Crippen MR) is 143 cm³/mol. The van der Waals surface area contributed by atoms with Gasteiger partial charge in [0.25, 0.3) is 0 Å². The molecule has 2 rings (SSSR count). The van der Waals surface area contributed by atoms with Crippen LogP contribution in [0.3, 0.4) is 0 Å². The van der Waals surface area contributed by atoms with Crippen LogP contribution in [0.2, 0.25) is 15.1 Å². The molecule has 1 N–H and O–H groups in total. The second-order valence-electron chi connectivity index (χ2n) is 8.54. The van der Waals surface area contributed by atoms with Crippen LogP contribution in [0, 0.1) is 5.92 Å². The highest BCUT2D eigenvalue weighted by Crippen LogP contribution is 2.28. The summed E-state index contributed by atoms with van der Waals surface area (Å²) in [5.74, 6) is -0.691. The van der Waals surface area contributed by atoms with E-state index in [1.54, 1.807) is 43.3 Å². The number of para-hydroxylation sites is 1. The molecule has 0 saturated carbocycles. The molecule has 0 aliphatic rings. The summed E-state index contributed by atoms with van der Waals surface area (Å²) in [6.45, 7) is 5.60. The standard InChI is InChI=1S/C24H30Cl3N3O4S/c1-5-21(24(32)28-13-16(2)3)29(14-17-10-11-18(25)12-20(17)27)23(31)15-30(35(4,33)34)22-9-7-6-8-19(22)26/h6-12,16,21H,5,13-15H2,1-4H3,(H,28,32). The summed E-state index contributed by atoms with van der Waals surface area (Å²) >= 11 is 18.6. The number of sulfonamides is 1. The van der Waals surface area contributed by atoms with Crippen molar-refractivity contribution in [2.45, 2.75) is 39.8 Å². The van der Waals surface area contributed by atoms with Gasteiger partial charge in [-0.2, -0.15) is 0 Å². The second-order valence-corrected chi connectivity index (χ2v) is 11.7. The first kappa shape index (κ1) is 29.2. The van der Waals surface area contributed by atoms with E-state index in [1.807, 2.05) is 13.8 Å². The Morgan fingerprint density at radius 1 is 1.03 bits per heavy atom. The molecule has 1 atom stereocenters. The van der Waals surface area contributed by atoms with Gasteiger partial charge in [-0.15, -0.1) is 0 Å². The molecule has 0 aromatic heterocycles. The molecule has 192 valence electrons. The molecule has 2 aromatic rings. The lowest BCUT2D eigenvalue weighted by Crippen LogP contribution is -2.52. The van der Waals surface area contributed by atoms with Crippen LogP contribution >= 0.6 is 34.8 Å². The maximum Gasteiger partial charge on any atom is 0.244 e. The van der Waals surface area contributed by atoms with Crippen LogP contribution in [0.1, 0.15) is 32.8 Å². The number of nitrogens with one attached hydrogen (secondary N) is 1. The van der Waals surface area contributed by atoms with Crippen molar-refractivity contribution in [2.75, 3.05) is 23.7 Å². The van der Waals surface area contributed by atoms with E-state index >= 15 is 0 Å². The van der Waals surface area contributed by atoms with Crippen molar-refractivity contribution in [3.05, 3.63) is 63.1 Å². The fraction of sp³-hybridized carbons (Fsp3) is 0.417. The number of halogens is 3. The SMILES string of the molecule is CCC(C(=O)NCC(C)C)N(Cc1ccc(Cl)cc1Cl)C(=O)CN(c1ccccc1Cl)S(C)(=O)=O. The van der Waals surface area contributed by atoms with Gasteiger partial charge >= 0.3 is 0 Å². The summed E-state index contributed by atoms with van der Waals surface area (Å²) < 4.78 is 26.2. The number of benzene rings is 2. The van der Waals surface area contributed by atoms with Crippen LogP contribution < -0.4 is 9.62 Å². The Labute approximate surface area is 222 Å². The maximum absolute atomic E-state index is 13.6. The van der Waals surface area contributed by atoms with E-state index in [0.29, 0.717) is 28.6 Å². The van der Waals surface area contributed by atoms with Gasteiger partial charge in [-0.25, -0.2) is 8.42 Å². The quantitative estimate of drug-likeness (QED) is 0.418. The number of rotatable bonds is 11. The molecule has 0 saturated heterocycles. The Kier molecular flexibility index (Phi) is 10.7. The summed E-state index contributed by atoms with van der Waals surface area (Å²) in [6.07, 6.45) is 1.31. The molecule has 0 heterocycles.